The van der Waals surface area contributed by atoms with E-state index in [1.54, 1.807) is 43.3 Å². The molecule has 150 valence electrons. The van der Waals surface area contributed by atoms with Gasteiger partial charge in [-0.15, -0.1) is 11.8 Å². The molecule has 0 bridgehead atoms. The molecule has 0 spiro atoms. The number of benzene rings is 2. The van der Waals surface area contributed by atoms with Crippen LogP contribution in [0.5, 0.6) is 0 Å². The van der Waals surface area contributed by atoms with Gasteiger partial charge in [-0.1, -0.05) is 18.2 Å². The van der Waals surface area contributed by atoms with Crippen LogP contribution in [0.3, 0.4) is 0 Å². The Labute approximate surface area is 169 Å². The summed E-state index contributed by atoms with van der Waals surface area (Å²) in [6.45, 7) is 1.70. The Kier molecular flexibility index (Phi) is 7.22. The molecule has 9 heteroatoms. The molecule has 1 unspecified atom stereocenters. The second-order valence-corrected chi connectivity index (χ2v) is 9.58. The maximum atomic E-state index is 12.8. The first-order valence-corrected chi connectivity index (χ1v) is 10.7. The number of hydrogen-bond donors (Lipinski definition) is 1. The van der Waals surface area contributed by atoms with Crippen LogP contribution >= 0.6 is 11.8 Å². The first-order valence-electron chi connectivity index (χ1n) is 8.34. The quantitative estimate of drug-likeness (QED) is 0.545. The summed E-state index contributed by atoms with van der Waals surface area (Å²) in [6.07, 6.45) is 0. The Hall–Kier alpha value is -2.36. The Morgan fingerprint density at radius 3 is 2.43 bits per heavy atom. The van der Waals surface area contributed by atoms with Gasteiger partial charge in [-0.2, -0.15) is 0 Å². The molecule has 28 heavy (non-hydrogen) atoms. The van der Waals surface area contributed by atoms with Crippen LogP contribution in [0.2, 0.25) is 0 Å². The number of carbonyl (C=O) groups is 2. The van der Waals surface area contributed by atoms with E-state index in [1.165, 1.54) is 45.1 Å². The van der Waals surface area contributed by atoms with E-state index in [9.17, 15) is 18.0 Å². The maximum Gasteiger partial charge on any atom is 0.318 e. The second kappa shape index (κ2) is 9.22. The monoisotopic (exact) mass is 422 g/mol. The normalized spacial score (nSPS) is 12.5. The zero-order chi connectivity index (χ0) is 20.9. The van der Waals surface area contributed by atoms with Crippen molar-refractivity contribution in [2.45, 2.75) is 22.0 Å². The number of nitrogens with zero attached hydrogens (tertiary/aromatic N) is 1. The summed E-state index contributed by atoms with van der Waals surface area (Å²) in [5.74, 6) is -0.790. The predicted octanol–water partition coefficient (Wildman–Crippen LogP) is 2.84. The van der Waals surface area contributed by atoms with Crippen LogP contribution in [0.4, 0.5) is 5.69 Å². The lowest BCUT2D eigenvalue weighted by Crippen LogP contribution is -2.22. The van der Waals surface area contributed by atoms with E-state index in [1.807, 2.05) is 0 Å². The molecule has 0 aliphatic heterocycles. The van der Waals surface area contributed by atoms with Crippen molar-refractivity contribution in [2.75, 3.05) is 26.5 Å². The van der Waals surface area contributed by atoms with Gasteiger partial charge < -0.3 is 10.1 Å². The van der Waals surface area contributed by atoms with Crippen molar-refractivity contribution in [3.05, 3.63) is 54.1 Å². The van der Waals surface area contributed by atoms with Gasteiger partial charge in [-0.05, 0) is 37.3 Å². The number of amides is 1. The molecule has 2 rings (SSSR count). The maximum absolute atomic E-state index is 12.8. The zero-order valence-corrected chi connectivity index (χ0v) is 17.6. The highest BCUT2D eigenvalue weighted by molar-refractivity contribution is 8.00. The molecular formula is C19H22N2O5S2. The lowest BCUT2D eigenvalue weighted by Gasteiger charge is -2.14. The van der Waals surface area contributed by atoms with E-state index < -0.39 is 21.2 Å². The fourth-order valence-electron chi connectivity index (χ4n) is 2.31. The van der Waals surface area contributed by atoms with E-state index in [0.717, 1.165) is 4.31 Å². The smallest absolute Gasteiger partial charge is 0.318 e. The Morgan fingerprint density at radius 2 is 1.79 bits per heavy atom. The van der Waals surface area contributed by atoms with E-state index in [2.05, 4.69) is 5.32 Å². The van der Waals surface area contributed by atoms with Gasteiger partial charge in [0.1, 0.15) is 5.25 Å². The lowest BCUT2D eigenvalue weighted by molar-refractivity contribution is -0.139. The molecule has 0 aliphatic carbocycles. The topological polar surface area (TPSA) is 92.8 Å². The molecule has 0 saturated carbocycles. The summed E-state index contributed by atoms with van der Waals surface area (Å²) in [4.78, 5) is 25.1. The van der Waals surface area contributed by atoms with Crippen molar-refractivity contribution in [3.63, 3.8) is 0 Å². The summed E-state index contributed by atoms with van der Waals surface area (Å²) >= 11 is 1.22. The Bertz CT molecular complexity index is 974. The van der Waals surface area contributed by atoms with E-state index in [4.69, 9.17) is 4.74 Å². The van der Waals surface area contributed by atoms with Gasteiger partial charge in [0.25, 0.3) is 5.91 Å². The molecule has 2 aromatic carbocycles. The van der Waals surface area contributed by atoms with Crippen molar-refractivity contribution in [3.8, 4) is 0 Å². The highest BCUT2D eigenvalue weighted by Crippen LogP contribution is 2.28. The van der Waals surface area contributed by atoms with E-state index in [-0.39, 0.29) is 10.9 Å². The highest BCUT2D eigenvalue weighted by Gasteiger charge is 2.20. The van der Waals surface area contributed by atoms with Crippen LogP contribution < -0.4 is 5.32 Å². The summed E-state index contributed by atoms with van der Waals surface area (Å²) in [5, 5.41) is 2.24. The molecule has 0 radical (unpaired) electrons. The number of esters is 1. The third-order valence-corrected chi connectivity index (χ3v) is 6.81. The van der Waals surface area contributed by atoms with Crippen molar-refractivity contribution in [1.82, 2.24) is 4.31 Å². The third-order valence-electron chi connectivity index (χ3n) is 3.84. The minimum Gasteiger partial charge on any atom is -0.468 e. The van der Waals surface area contributed by atoms with Crippen LogP contribution in [-0.2, 0) is 19.6 Å². The number of hydrogen-bond acceptors (Lipinski definition) is 6. The van der Waals surface area contributed by atoms with Gasteiger partial charge in [0, 0.05) is 24.7 Å². The third kappa shape index (κ3) is 5.12. The van der Waals surface area contributed by atoms with Gasteiger partial charge in [-0.25, -0.2) is 12.7 Å². The average molecular weight is 423 g/mol. The molecule has 1 atom stereocenters. The van der Waals surface area contributed by atoms with Crippen molar-refractivity contribution in [2.24, 2.45) is 0 Å². The molecule has 1 amide bonds. The highest BCUT2D eigenvalue weighted by atomic mass is 32.2. The number of sulfonamides is 1. The fourth-order valence-corrected chi connectivity index (χ4v) is 4.27. The van der Waals surface area contributed by atoms with Crippen LogP contribution in [0.15, 0.2) is 58.3 Å². The fraction of sp³-hybridized carbons (Fsp3) is 0.263. The molecule has 0 aromatic heterocycles. The summed E-state index contributed by atoms with van der Waals surface area (Å²) in [5.41, 5.74) is 0.734. The zero-order valence-electron chi connectivity index (χ0n) is 16.0. The van der Waals surface area contributed by atoms with Gasteiger partial charge in [-0.3, -0.25) is 9.59 Å². The number of rotatable bonds is 7. The van der Waals surface area contributed by atoms with Gasteiger partial charge >= 0.3 is 5.97 Å². The summed E-state index contributed by atoms with van der Waals surface area (Å²) < 4.78 is 30.4. The molecule has 0 aliphatic rings. The molecule has 0 heterocycles. The first-order chi connectivity index (χ1) is 13.2. The van der Waals surface area contributed by atoms with Crippen LogP contribution in [-0.4, -0.2) is 51.1 Å². The number of ether oxygens (including phenoxy) is 1. The number of thioether (sulfide) groups is 1. The average Bonchev–Trinajstić information content (AvgIpc) is 2.67. The predicted molar refractivity (Wildman–Crippen MR) is 109 cm³/mol. The van der Waals surface area contributed by atoms with Crippen LogP contribution in [0, 0.1) is 0 Å². The minimum absolute atomic E-state index is 0.0808. The molecule has 7 nitrogen and oxygen atoms in total. The lowest BCUT2D eigenvalue weighted by atomic mass is 10.2. The van der Waals surface area contributed by atoms with Crippen LogP contribution in [0.1, 0.15) is 17.3 Å². The van der Waals surface area contributed by atoms with Crippen molar-refractivity contribution < 1.29 is 22.7 Å². The molecular weight excluding hydrogens is 400 g/mol. The summed E-state index contributed by atoms with van der Waals surface area (Å²) in [7, 11) is 0.584. The summed E-state index contributed by atoms with van der Waals surface area (Å²) in [6, 6.07) is 12.9. The molecule has 1 N–H and O–H groups in total. The Morgan fingerprint density at radius 1 is 1.11 bits per heavy atom. The van der Waals surface area contributed by atoms with Crippen molar-refractivity contribution >= 4 is 39.3 Å². The molecule has 2 aromatic rings. The van der Waals surface area contributed by atoms with Gasteiger partial charge in [0.15, 0.2) is 0 Å². The minimum atomic E-state index is -3.61. The first kappa shape index (κ1) is 21.9. The number of nitrogens with one attached hydrogen (secondary N) is 1. The molecule has 0 fully saturated rings. The largest absolute Gasteiger partial charge is 0.468 e. The number of carbonyl (C=O) groups excluding carboxylic acids is 2. The van der Waals surface area contributed by atoms with Gasteiger partial charge in [0.2, 0.25) is 10.0 Å². The second-order valence-electron chi connectivity index (χ2n) is 6.05. The number of anilines is 1. The molecule has 0 saturated heterocycles. The number of methoxy groups -OCH3 is 1. The van der Waals surface area contributed by atoms with E-state index in [0.29, 0.717) is 16.1 Å². The SMILES string of the molecule is COC(=O)C(C)Sc1ccccc1C(=O)Nc1cccc(S(=O)(=O)N(C)C)c1. The standard InChI is InChI=1S/C19H22N2O5S2/c1-13(19(23)26-4)27-17-11-6-5-10-16(17)18(22)20-14-8-7-9-15(12-14)28(24,25)21(2)3/h5-13H,1-4H3,(H,20,22). The van der Waals surface area contributed by atoms with Crippen molar-refractivity contribution in [1.29, 1.82) is 0 Å². The van der Waals surface area contributed by atoms with Crippen LogP contribution in [0.25, 0.3) is 0 Å². The van der Waals surface area contributed by atoms with E-state index >= 15 is 0 Å². The Balaban J connectivity index is 2.26. The van der Waals surface area contributed by atoms with Gasteiger partial charge in [0.05, 0.1) is 17.6 Å².